The maximum absolute atomic E-state index is 12.3. The van der Waals surface area contributed by atoms with Gasteiger partial charge in [-0.25, -0.2) is 13.1 Å². The summed E-state index contributed by atoms with van der Waals surface area (Å²) in [6.45, 7) is 0.227. The first-order chi connectivity index (χ1) is 10.6. The van der Waals surface area contributed by atoms with Gasteiger partial charge in [-0.05, 0) is 23.6 Å². The quantitative estimate of drug-likeness (QED) is 0.748. The minimum absolute atomic E-state index is 0.151. The average Bonchev–Trinajstić information content (AvgIpc) is 3.20. The third kappa shape index (κ3) is 3.13. The molecule has 3 heterocycles. The molecule has 0 aliphatic heterocycles. The number of nitrogens with zero attached hydrogens (tertiary/aromatic N) is 2. The molecule has 0 saturated carbocycles. The van der Waals surface area contributed by atoms with Gasteiger partial charge in [0.05, 0.1) is 18.4 Å². The van der Waals surface area contributed by atoms with Crippen LogP contribution in [0.3, 0.4) is 0 Å². The van der Waals surface area contributed by atoms with Crippen LogP contribution in [0.15, 0.2) is 57.6 Å². The van der Waals surface area contributed by atoms with Crippen LogP contribution < -0.4 is 4.72 Å². The second-order valence-electron chi connectivity index (χ2n) is 4.79. The number of thiophene rings is 1. The molecule has 0 unspecified atom stereocenters. The van der Waals surface area contributed by atoms with E-state index in [1.165, 1.54) is 17.1 Å². The lowest BCUT2D eigenvalue weighted by molar-refractivity contribution is 0.483. The summed E-state index contributed by atoms with van der Waals surface area (Å²) < 4.78 is 34.1. The summed E-state index contributed by atoms with van der Waals surface area (Å²) in [7, 11) is -1.91. The van der Waals surface area contributed by atoms with Crippen molar-refractivity contribution in [2.75, 3.05) is 6.54 Å². The van der Waals surface area contributed by atoms with Crippen molar-refractivity contribution in [1.29, 1.82) is 0 Å². The Kier molecular flexibility index (Phi) is 4.14. The van der Waals surface area contributed by atoms with Gasteiger partial charge in [0.2, 0.25) is 10.0 Å². The van der Waals surface area contributed by atoms with Crippen molar-refractivity contribution in [3.05, 3.63) is 58.9 Å². The van der Waals surface area contributed by atoms with Crippen LogP contribution in [0.5, 0.6) is 0 Å². The van der Waals surface area contributed by atoms with E-state index in [0.29, 0.717) is 0 Å². The van der Waals surface area contributed by atoms with E-state index in [4.69, 9.17) is 4.42 Å². The number of furan rings is 1. The van der Waals surface area contributed by atoms with Crippen molar-refractivity contribution in [3.8, 4) is 0 Å². The van der Waals surface area contributed by atoms with Gasteiger partial charge in [-0.3, -0.25) is 4.68 Å². The van der Waals surface area contributed by atoms with Gasteiger partial charge >= 0.3 is 0 Å². The molecular formula is C14H15N3O3S2. The highest BCUT2D eigenvalue weighted by atomic mass is 32.2. The van der Waals surface area contributed by atoms with Gasteiger partial charge in [-0.1, -0.05) is 6.07 Å². The molecule has 22 heavy (non-hydrogen) atoms. The van der Waals surface area contributed by atoms with Gasteiger partial charge in [-0.2, -0.15) is 5.10 Å². The van der Waals surface area contributed by atoms with Crippen LogP contribution in [0, 0.1) is 0 Å². The first kappa shape index (κ1) is 15.0. The first-order valence-corrected chi connectivity index (χ1v) is 8.97. The molecular weight excluding hydrogens is 322 g/mol. The molecule has 0 spiro atoms. The fourth-order valence-corrected chi connectivity index (χ4v) is 4.00. The van der Waals surface area contributed by atoms with Crippen LogP contribution in [0.4, 0.5) is 0 Å². The number of rotatable bonds is 6. The molecule has 3 rings (SSSR count). The normalized spacial score (nSPS) is 13.3. The maximum atomic E-state index is 12.3. The van der Waals surface area contributed by atoms with E-state index in [9.17, 15) is 8.42 Å². The zero-order valence-electron chi connectivity index (χ0n) is 11.8. The molecule has 6 nitrogen and oxygen atoms in total. The SMILES string of the molecule is Cn1cc(S(=O)(=O)NC[C@H](c2ccco2)c2cccs2)cn1. The molecule has 0 aliphatic carbocycles. The molecule has 3 aromatic heterocycles. The summed E-state index contributed by atoms with van der Waals surface area (Å²) in [6.07, 6.45) is 4.39. The predicted molar refractivity (Wildman–Crippen MR) is 83.3 cm³/mol. The molecule has 0 amide bonds. The zero-order valence-corrected chi connectivity index (χ0v) is 13.5. The molecule has 8 heteroatoms. The number of hydrogen-bond donors (Lipinski definition) is 1. The van der Waals surface area contributed by atoms with Gasteiger partial charge in [0, 0.05) is 24.7 Å². The Morgan fingerprint density at radius 2 is 2.27 bits per heavy atom. The topological polar surface area (TPSA) is 77.1 Å². The monoisotopic (exact) mass is 337 g/mol. The lowest BCUT2D eigenvalue weighted by Crippen LogP contribution is -2.28. The third-order valence-corrected chi connectivity index (χ3v) is 5.61. The largest absolute Gasteiger partial charge is 0.469 e. The average molecular weight is 337 g/mol. The molecule has 0 saturated heterocycles. The smallest absolute Gasteiger partial charge is 0.243 e. The van der Waals surface area contributed by atoms with Crippen molar-refractivity contribution in [2.24, 2.45) is 7.05 Å². The summed E-state index contributed by atoms with van der Waals surface area (Å²) in [4.78, 5) is 1.20. The Bertz CT molecular complexity index is 786. The molecule has 0 radical (unpaired) electrons. The van der Waals surface area contributed by atoms with E-state index >= 15 is 0 Å². The molecule has 3 aromatic rings. The number of sulfonamides is 1. The Labute approximate surface area is 132 Å². The summed E-state index contributed by atoms with van der Waals surface area (Å²) in [5.41, 5.74) is 0. The molecule has 1 atom stereocenters. The summed E-state index contributed by atoms with van der Waals surface area (Å²) in [5.74, 6) is 0.581. The fraction of sp³-hybridized carbons (Fsp3) is 0.214. The van der Waals surface area contributed by atoms with Crippen LogP contribution in [0.2, 0.25) is 0 Å². The van der Waals surface area contributed by atoms with Crippen molar-refractivity contribution >= 4 is 21.4 Å². The van der Waals surface area contributed by atoms with E-state index in [1.807, 2.05) is 23.6 Å². The van der Waals surface area contributed by atoms with Gasteiger partial charge in [0.15, 0.2) is 0 Å². The van der Waals surface area contributed by atoms with Crippen LogP contribution in [0.1, 0.15) is 16.6 Å². The van der Waals surface area contributed by atoms with Gasteiger partial charge < -0.3 is 4.42 Å². The second kappa shape index (κ2) is 6.07. The Balaban J connectivity index is 1.80. The van der Waals surface area contributed by atoms with E-state index in [2.05, 4.69) is 9.82 Å². The second-order valence-corrected chi connectivity index (χ2v) is 7.53. The van der Waals surface area contributed by atoms with Crippen molar-refractivity contribution in [1.82, 2.24) is 14.5 Å². The number of aromatic nitrogens is 2. The molecule has 0 aromatic carbocycles. The highest BCUT2D eigenvalue weighted by molar-refractivity contribution is 7.89. The minimum Gasteiger partial charge on any atom is -0.469 e. The molecule has 0 bridgehead atoms. The van der Waals surface area contributed by atoms with Gasteiger partial charge in [0.1, 0.15) is 10.7 Å². The standard InChI is InChI=1S/C14H15N3O3S2/c1-17-10-11(8-15-17)22(18,19)16-9-12(13-4-2-6-20-13)14-5-3-7-21-14/h2-8,10,12,16H,9H2,1H3/t12-/m1/s1. The Hall–Kier alpha value is -1.90. The highest BCUT2D eigenvalue weighted by Crippen LogP contribution is 2.28. The van der Waals surface area contributed by atoms with Gasteiger partial charge in [0.25, 0.3) is 0 Å². The number of hydrogen-bond acceptors (Lipinski definition) is 5. The van der Waals surface area contributed by atoms with Crippen LogP contribution in [0.25, 0.3) is 0 Å². The van der Waals surface area contributed by atoms with E-state index < -0.39 is 10.0 Å². The number of aryl methyl sites for hydroxylation is 1. The van der Waals surface area contributed by atoms with E-state index in [1.54, 1.807) is 30.7 Å². The molecule has 1 N–H and O–H groups in total. The first-order valence-electron chi connectivity index (χ1n) is 6.61. The van der Waals surface area contributed by atoms with Crippen LogP contribution >= 0.6 is 11.3 Å². The van der Waals surface area contributed by atoms with Gasteiger partial charge in [-0.15, -0.1) is 11.3 Å². The van der Waals surface area contributed by atoms with Crippen LogP contribution in [-0.2, 0) is 17.1 Å². The predicted octanol–water partition coefficient (Wildman–Crippen LogP) is 2.18. The number of nitrogens with one attached hydrogen (secondary N) is 1. The van der Waals surface area contributed by atoms with E-state index in [-0.39, 0.29) is 17.4 Å². The van der Waals surface area contributed by atoms with Crippen molar-refractivity contribution < 1.29 is 12.8 Å². The zero-order chi connectivity index (χ0) is 15.6. The fourth-order valence-electron chi connectivity index (χ4n) is 2.13. The Morgan fingerprint density at radius 1 is 1.41 bits per heavy atom. The third-order valence-electron chi connectivity index (χ3n) is 3.24. The molecule has 0 aliphatic rings. The highest BCUT2D eigenvalue weighted by Gasteiger charge is 2.22. The summed E-state index contributed by atoms with van der Waals surface area (Å²) in [6, 6.07) is 7.55. The summed E-state index contributed by atoms with van der Waals surface area (Å²) in [5, 5.41) is 5.85. The molecule has 0 fully saturated rings. The van der Waals surface area contributed by atoms with E-state index in [0.717, 1.165) is 10.6 Å². The molecule has 116 valence electrons. The Morgan fingerprint density at radius 3 is 2.86 bits per heavy atom. The lowest BCUT2D eigenvalue weighted by atomic mass is 10.1. The van der Waals surface area contributed by atoms with Crippen molar-refractivity contribution in [3.63, 3.8) is 0 Å². The lowest BCUT2D eigenvalue weighted by Gasteiger charge is -2.13. The van der Waals surface area contributed by atoms with Crippen molar-refractivity contribution in [2.45, 2.75) is 10.8 Å². The van der Waals surface area contributed by atoms with Crippen LogP contribution in [-0.4, -0.2) is 24.7 Å². The minimum atomic E-state index is -3.59. The maximum Gasteiger partial charge on any atom is 0.243 e. The summed E-state index contributed by atoms with van der Waals surface area (Å²) >= 11 is 1.57.